The minimum Gasteiger partial charge on any atom is -0.438 e. The van der Waals surface area contributed by atoms with Crippen LogP contribution < -0.4 is 0 Å². The van der Waals surface area contributed by atoms with Gasteiger partial charge < -0.3 is 14.1 Å². The van der Waals surface area contributed by atoms with Crippen LogP contribution in [-0.2, 0) is 4.74 Å². The smallest absolute Gasteiger partial charge is 0.292 e. The molecule has 1 aliphatic rings. The summed E-state index contributed by atoms with van der Waals surface area (Å²) < 4.78 is 10.9. The summed E-state index contributed by atoms with van der Waals surface area (Å²) in [5.41, 5.74) is 2.51. The molecule has 3 aromatic rings. The number of carbonyl (C=O) groups is 1. The molecule has 1 fully saturated rings. The van der Waals surface area contributed by atoms with Gasteiger partial charge in [0.2, 0.25) is 5.76 Å². The molecule has 0 radical (unpaired) electrons. The van der Waals surface area contributed by atoms with Gasteiger partial charge in [-0.3, -0.25) is 4.79 Å². The van der Waals surface area contributed by atoms with Crippen LogP contribution in [0.15, 0.2) is 46.5 Å². The van der Waals surface area contributed by atoms with E-state index >= 15 is 0 Å². The molecule has 2 aromatic heterocycles. The molecule has 25 heavy (non-hydrogen) atoms. The fraction of sp³-hybridized carbons (Fsp3) is 0.278. The molecule has 1 atom stereocenters. The SMILES string of the molecule is Cc1ncoc1C(=O)N1CCOCC1c1csc(-c2ccccc2)n1. The number of nitrogens with zero attached hydrogens (tertiary/aromatic N) is 3. The number of benzene rings is 1. The van der Waals surface area contributed by atoms with E-state index in [1.165, 1.54) is 6.39 Å². The molecule has 0 bridgehead atoms. The number of oxazole rings is 1. The van der Waals surface area contributed by atoms with E-state index in [1.54, 1.807) is 23.2 Å². The minimum atomic E-state index is -0.223. The first-order valence-electron chi connectivity index (χ1n) is 8.03. The van der Waals surface area contributed by atoms with E-state index in [9.17, 15) is 4.79 Å². The van der Waals surface area contributed by atoms with Gasteiger partial charge in [-0.05, 0) is 6.92 Å². The van der Waals surface area contributed by atoms with Gasteiger partial charge in [-0.25, -0.2) is 9.97 Å². The van der Waals surface area contributed by atoms with E-state index < -0.39 is 0 Å². The molecule has 0 spiro atoms. The summed E-state index contributed by atoms with van der Waals surface area (Å²) >= 11 is 1.57. The van der Waals surface area contributed by atoms with E-state index in [2.05, 4.69) is 4.98 Å². The van der Waals surface area contributed by atoms with Crippen LogP contribution >= 0.6 is 11.3 Å². The maximum absolute atomic E-state index is 12.9. The third kappa shape index (κ3) is 3.08. The van der Waals surface area contributed by atoms with E-state index in [0.717, 1.165) is 16.3 Å². The number of carbonyl (C=O) groups excluding carboxylic acids is 1. The zero-order valence-corrected chi connectivity index (χ0v) is 14.5. The summed E-state index contributed by atoms with van der Waals surface area (Å²) in [6, 6.07) is 9.79. The van der Waals surface area contributed by atoms with Crippen LogP contribution in [0.25, 0.3) is 10.6 Å². The van der Waals surface area contributed by atoms with Gasteiger partial charge in [0.25, 0.3) is 5.91 Å². The van der Waals surface area contributed by atoms with E-state index in [0.29, 0.717) is 25.5 Å². The van der Waals surface area contributed by atoms with Crippen molar-refractivity contribution in [3.8, 4) is 10.6 Å². The lowest BCUT2D eigenvalue weighted by molar-refractivity contribution is -0.00531. The minimum absolute atomic E-state index is 0.169. The molecule has 7 heteroatoms. The Morgan fingerprint density at radius 3 is 2.92 bits per heavy atom. The summed E-state index contributed by atoms with van der Waals surface area (Å²) in [6.45, 7) is 3.20. The quantitative estimate of drug-likeness (QED) is 0.721. The van der Waals surface area contributed by atoms with Crippen molar-refractivity contribution in [1.82, 2.24) is 14.9 Å². The second-order valence-electron chi connectivity index (χ2n) is 5.80. The first-order chi connectivity index (χ1) is 12.2. The molecule has 1 aliphatic heterocycles. The van der Waals surface area contributed by atoms with Crippen LogP contribution in [0.5, 0.6) is 0 Å². The molecule has 1 unspecified atom stereocenters. The molecule has 6 nitrogen and oxygen atoms in total. The van der Waals surface area contributed by atoms with Crippen molar-refractivity contribution in [2.45, 2.75) is 13.0 Å². The van der Waals surface area contributed by atoms with Crippen LogP contribution in [0.4, 0.5) is 0 Å². The summed E-state index contributed by atoms with van der Waals surface area (Å²) in [5, 5.41) is 2.93. The zero-order valence-electron chi connectivity index (χ0n) is 13.7. The van der Waals surface area contributed by atoms with Crippen molar-refractivity contribution in [2.24, 2.45) is 0 Å². The second kappa shape index (κ2) is 6.78. The first kappa shape index (κ1) is 16.0. The van der Waals surface area contributed by atoms with Gasteiger partial charge in [0, 0.05) is 17.5 Å². The van der Waals surface area contributed by atoms with Crippen molar-refractivity contribution in [1.29, 1.82) is 0 Å². The van der Waals surface area contributed by atoms with Crippen molar-refractivity contribution in [2.75, 3.05) is 19.8 Å². The highest BCUT2D eigenvalue weighted by molar-refractivity contribution is 7.13. The molecular formula is C18H17N3O3S. The number of thiazole rings is 1. The predicted molar refractivity (Wildman–Crippen MR) is 93.4 cm³/mol. The Bertz CT molecular complexity index is 875. The average Bonchev–Trinajstić information content (AvgIpc) is 3.31. The summed E-state index contributed by atoms with van der Waals surface area (Å²) in [7, 11) is 0. The van der Waals surface area contributed by atoms with Gasteiger partial charge in [-0.1, -0.05) is 30.3 Å². The lowest BCUT2D eigenvalue weighted by atomic mass is 10.1. The topological polar surface area (TPSA) is 68.5 Å². The number of hydrogen-bond donors (Lipinski definition) is 0. The molecule has 0 N–H and O–H groups in total. The standard InChI is InChI=1S/C18H17N3O3S/c1-12-16(24-11-19-12)18(22)21-7-8-23-9-15(21)14-10-25-17(20-14)13-5-3-2-4-6-13/h2-6,10-11,15H,7-9H2,1H3. The Morgan fingerprint density at radius 1 is 1.32 bits per heavy atom. The monoisotopic (exact) mass is 355 g/mol. The summed E-state index contributed by atoms with van der Waals surface area (Å²) in [4.78, 5) is 23.4. The number of hydrogen-bond acceptors (Lipinski definition) is 6. The molecular weight excluding hydrogens is 338 g/mol. The van der Waals surface area contributed by atoms with Gasteiger partial charge in [0.15, 0.2) is 6.39 Å². The number of aryl methyl sites for hydroxylation is 1. The molecule has 1 amide bonds. The first-order valence-corrected chi connectivity index (χ1v) is 8.91. The van der Waals surface area contributed by atoms with Crippen molar-refractivity contribution >= 4 is 17.2 Å². The Kier molecular flexibility index (Phi) is 4.33. The number of ether oxygens (including phenoxy) is 1. The maximum atomic E-state index is 12.9. The van der Waals surface area contributed by atoms with Crippen LogP contribution in [0.2, 0.25) is 0 Å². The molecule has 1 saturated heterocycles. The Hall–Kier alpha value is -2.51. The third-order valence-corrected chi connectivity index (χ3v) is 5.12. The van der Waals surface area contributed by atoms with Gasteiger partial charge in [0.1, 0.15) is 5.01 Å². The molecule has 1 aromatic carbocycles. The fourth-order valence-corrected chi connectivity index (χ4v) is 3.75. The van der Waals surface area contributed by atoms with E-state index in [4.69, 9.17) is 14.1 Å². The number of rotatable bonds is 3. The maximum Gasteiger partial charge on any atom is 0.292 e. The van der Waals surface area contributed by atoms with Crippen LogP contribution in [-0.4, -0.2) is 40.5 Å². The largest absolute Gasteiger partial charge is 0.438 e. The van der Waals surface area contributed by atoms with Crippen molar-refractivity contribution < 1.29 is 13.9 Å². The third-order valence-electron chi connectivity index (χ3n) is 4.21. The number of aromatic nitrogens is 2. The van der Waals surface area contributed by atoms with Crippen LogP contribution in [0, 0.1) is 6.92 Å². The van der Waals surface area contributed by atoms with Gasteiger partial charge >= 0.3 is 0 Å². The molecule has 0 saturated carbocycles. The van der Waals surface area contributed by atoms with Crippen molar-refractivity contribution in [3.63, 3.8) is 0 Å². The van der Waals surface area contributed by atoms with E-state index in [-0.39, 0.29) is 17.7 Å². The second-order valence-corrected chi connectivity index (χ2v) is 6.66. The molecule has 0 aliphatic carbocycles. The molecule has 3 heterocycles. The summed E-state index contributed by atoms with van der Waals surface area (Å²) in [5.74, 6) is 0.114. The number of amides is 1. The van der Waals surface area contributed by atoms with Crippen LogP contribution in [0.1, 0.15) is 28.0 Å². The van der Waals surface area contributed by atoms with Gasteiger partial charge in [0.05, 0.1) is 30.6 Å². The lowest BCUT2D eigenvalue weighted by Crippen LogP contribution is -2.43. The normalized spacial score (nSPS) is 17.6. The highest BCUT2D eigenvalue weighted by Gasteiger charge is 2.33. The Morgan fingerprint density at radius 2 is 2.16 bits per heavy atom. The molecule has 4 rings (SSSR count). The molecule has 128 valence electrons. The van der Waals surface area contributed by atoms with Crippen molar-refractivity contribution in [3.05, 3.63) is 59.3 Å². The fourth-order valence-electron chi connectivity index (χ4n) is 2.88. The van der Waals surface area contributed by atoms with Crippen LogP contribution in [0.3, 0.4) is 0 Å². The summed E-state index contributed by atoms with van der Waals surface area (Å²) in [6.07, 6.45) is 1.30. The zero-order chi connectivity index (χ0) is 17.2. The Balaban J connectivity index is 1.63. The van der Waals surface area contributed by atoms with Gasteiger partial charge in [-0.2, -0.15) is 0 Å². The predicted octanol–water partition coefficient (Wildman–Crippen LogP) is 3.32. The average molecular weight is 355 g/mol. The van der Waals surface area contributed by atoms with E-state index in [1.807, 2.05) is 35.7 Å². The highest BCUT2D eigenvalue weighted by atomic mass is 32.1. The number of morpholine rings is 1. The Labute approximate surface area is 149 Å². The lowest BCUT2D eigenvalue weighted by Gasteiger charge is -2.34. The van der Waals surface area contributed by atoms with Gasteiger partial charge in [-0.15, -0.1) is 11.3 Å². The highest BCUT2D eigenvalue weighted by Crippen LogP contribution is 2.31.